The van der Waals surface area contributed by atoms with Gasteiger partial charge in [0.05, 0.1) is 18.1 Å². The SMILES string of the molecule is O=c1c2ccccc2cnn1Cc1nnc(NCc2ccccc2)s1. The lowest BCUT2D eigenvalue weighted by atomic mass is 10.2. The van der Waals surface area contributed by atoms with Gasteiger partial charge in [0.25, 0.3) is 5.56 Å². The fraction of sp³-hybridized carbons (Fsp3) is 0.111. The van der Waals surface area contributed by atoms with E-state index in [1.165, 1.54) is 21.6 Å². The minimum atomic E-state index is -0.118. The summed E-state index contributed by atoms with van der Waals surface area (Å²) in [6.45, 7) is 0.998. The Morgan fingerprint density at radius 1 is 1.00 bits per heavy atom. The number of anilines is 1. The van der Waals surface area contributed by atoms with Gasteiger partial charge in [-0.2, -0.15) is 5.10 Å². The first-order valence-electron chi connectivity index (χ1n) is 7.84. The van der Waals surface area contributed by atoms with Crippen molar-refractivity contribution in [1.82, 2.24) is 20.0 Å². The molecular weight excluding hydrogens is 334 g/mol. The average Bonchev–Trinajstić information content (AvgIpc) is 3.11. The lowest BCUT2D eigenvalue weighted by molar-refractivity contribution is 0.640. The van der Waals surface area contributed by atoms with Gasteiger partial charge in [0, 0.05) is 11.9 Å². The number of fused-ring (bicyclic) bond motifs is 1. The van der Waals surface area contributed by atoms with Crippen LogP contribution in [0.15, 0.2) is 65.6 Å². The van der Waals surface area contributed by atoms with Crippen LogP contribution < -0.4 is 10.9 Å². The number of nitrogens with one attached hydrogen (secondary N) is 1. The highest BCUT2D eigenvalue weighted by molar-refractivity contribution is 7.15. The summed E-state index contributed by atoms with van der Waals surface area (Å²) in [6, 6.07) is 17.5. The van der Waals surface area contributed by atoms with Crippen molar-refractivity contribution in [1.29, 1.82) is 0 Å². The van der Waals surface area contributed by atoms with Crippen molar-refractivity contribution in [2.75, 3.05) is 5.32 Å². The second-order valence-corrected chi connectivity index (χ2v) is 6.60. The lowest BCUT2D eigenvalue weighted by Crippen LogP contribution is -2.23. The van der Waals surface area contributed by atoms with E-state index < -0.39 is 0 Å². The maximum atomic E-state index is 12.5. The normalized spacial score (nSPS) is 10.9. The highest BCUT2D eigenvalue weighted by Crippen LogP contribution is 2.17. The van der Waals surface area contributed by atoms with Gasteiger partial charge in [-0.15, -0.1) is 10.2 Å². The standard InChI is InChI=1S/C18H15N5OS/c24-17-15-9-5-4-8-14(15)11-20-23(17)12-16-21-22-18(25-16)19-10-13-6-2-1-3-7-13/h1-9,11H,10,12H2,(H,19,22). The van der Waals surface area contributed by atoms with E-state index in [9.17, 15) is 4.79 Å². The van der Waals surface area contributed by atoms with Gasteiger partial charge in [0.15, 0.2) is 0 Å². The Hall–Kier alpha value is -3.06. The topological polar surface area (TPSA) is 72.7 Å². The molecule has 7 heteroatoms. The van der Waals surface area contributed by atoms with Crippen molar-refractivity contribution in [3.63, 3.8) is 0 Å². The first-order chi connectivity index (χ1) is 12.3. The van der Waals surface area contributed by atoms with E-state index in [0.29, 0.717) is 18.5 Å². The van der Waals surface area contributed by atoms with Gasteiger partial charge in [-0.05, 0) is 11.6 Å². The Bertz CT molecular complexity index is 1060. The molecule has 2 aromatic heterocycles. The van der Waals surface area contributed by atoms with Crippen molar-refractivity contribution in [3.05, 3.63) is 81.7 Å². The third-order valence-electron chi connectivity index (χ3n) is 3.80. The summed E-state index contributed by atoms with van der Waals surface area (Å²) in [6.07, 6.45) is 1.70. The number of hydrogen-bond donors (Lipinski definition) is 1. The van der Waals surface area contributed by atoms with Crippen LogP contribution in [0.1, 0.15) is 10.6 Å². The highest BCUT2D eigenvalue weighted by Gasteiger charge is 2.08. The number of rotatable bonds is 5. The minimum absolute atomic E-state index is 0.118. The van der Waals surface area contributed by atoms with Crippen molar-refractivity contribution >= 4 is 27.2 Å². The molecule has 0 radical (unpaired) electrons. The zero-order valence-electron chi connectivity index (χ0n) is 13.3. The zero-order chi connectivity index (χ0) is 17.1. The van der Waals surface area contributed by atoms with Crippen LogP contribution in [0.5, 0.6) is 0 Å². The van der Waals surface area contributed by atoms with Crippen LogP contribution >= 0.6 is 11.3 Å². The van der Waals surface area contributed by atoms with E-state index in [-0.39, 0.29) is 5.56 Å². The van der Waals surface area contributed by atoms with Gasteiger partial charge in [-0.1, -0.05) is 59.9 Å². The van der Waals surface area contributed by atoms with Crippen LogP contribution in [0.2, 0.25) is 0 Å². The number of nitrogens with zero attached hydrogens (tertiary/aromatic N) is 4. The first kappa shape index (κ1) is 15.5. The molecule has 0 amide bonds. The molecule has 124 valence electrons. The fourth-order valence-corrected chi connectivity index (χ4v) is 3.25. The van der Waals surface area contributed by atoms with Crippen molar-refractivity contribution in [2.24, 2.45) is 0 Å². The summed E-state index contributed by atoms with van der Waals surface area (Å²) in [5, 5.41) is 18.7. The summed E-state index contributed by atoms with van der Waals surface area (Å²) in [7, 11) is 0. The Labute approximate surface area is 147 Å². The molecule has 0 bridgehead atoms. The smallest absolute Gasteiger partial charge is 0.275 e. The van der Waals surface area contributed by atoms with E-state index >= 15 is 0 Å². The molecule has 0 aliphatic carbocycles. The molecule has 0 aliphatic heterocycles. The molecule has 2 aromatic carbocycles. The molecule has 4 rings (SSSR count). The molecule has 2 heterocycles. The van der Waals surface area contributed by atoms with Crippen LogP contribution in [-0.2, 0) is 13.1 Å². The molecular formula is C18H15N5OS. The largest absolute Gasteiger partial charge is 0.356 e. The quantitative estimate of drug-likeness (QED) is 0.600. The summed E-state index contributed by atoms with van der Waals surface area (Å²) in [4.78, 5) is 12.5. The molecule has 1 N–H and O–H groups in total. The van der Waals surface area contributed by atoms with Crippen molar-refractivity contribution < 1.29 is 0 Å². The number of benzene rings is 2. The van der Waals surface area contributed by atoms with E-state index in [4.69, 9.17) is 0 Å². The highest BCUT2D eigenvalue weighted by atomic mass is 32.1. The van der Waals surface area contributed by atoms with Gasteiger partial charge in [-0.25, -0.2) is 4.68 Å². The summed E-state index contributed by atoms with van der Waals surface area (Å²) in [5.74, 6) is 0. The van der Waals surface area contributed by atoms with Crippen LogP contribution in [0, 0.1) is 0 Å². The maximum absolute atomic E-state index is 12.5. The summed E-state index contributed by atoms with van der Waals surface area (Å²) >= 11 is 1.43. The van der Waals surface area contributed by atoms with E-state index in [0.717, 1.165) is 15.5 Å². The lowest BCUT2D eigenvalue weighted by Gasteiger charge is -2.03. The Balaban J connectivity index is 1.50. The van der Waals surface area contributed by atoms with Crippen molar-refractivity contribution in [2.45, 2.75) is 13.1 Å². The molecule has 4 aromatic rings. The molecule has 6 nitrogen and oxygen atoms in total. The molecule has 0 saturated heterocycles. The van der Waals surface area contributed by atoms with Crippen molar-refractivity contribution in [3.8, 4) is 0 Å². The third-order valence-corrected chi connectivity index (χ3v) is 4.67. The first-order valence-corrected chi connectivity index (χ1v) is 8.66. The Morgan fingerprint density at radius 2 is 1.80 bits per heavy atom. The minimum Gasteiger partial charge on any atom is -0.356 e. The number of aromatic nitrogens is 4. The maximum Gasteiger partial charge on any atom is 0.275 e. The summed E-state index contributed by atoms with van der Waals surface area (Å²) in [5.41, 5.74) is 1.05. The third kappa shape index (κ3) is 3.41. The van der Waals surface area contributed by atoms with Gasteiger partial charge in [0.1, 0.15) is 5.01 Å². The molecule has 0 atom stereocenters. The predicted octanol–water partition coefficient (Wildman–Crippen LogP) is 2.91. The van der Waals surface area contributed by atoms with Gasteiger partial charge < -0.3 is 5.32 Å². The van der Waals surface area contributed by atoms with E-state index in [2.05, 4.69) is 20.6 Å². The second-order valence-electron chi connectivity index (χ2n) is 5.53. The van der Waals surface area contributed by atoms with Crippen LogP contribution in [0.4, 0.5) is 5.13 Å². The van der Waals surface area contributed by atoms with Gasteiger partial charge in [-0.3, -0.25) is 4.79 Å². The molecule has 0 spiro atoms. The van der Waals surface area contributed by atoms with E-state index in [1.54, 1.807) is 6.20 Å². The predicted molar refractivity (Wildman–Crippen MR) is 98.8 cm³/mol. The van der Waals surface area contributed by atoms with Gasteiger partial charge >= 0.3 is 0 Å². The van der Waals surface area contributed by atoms with Gasteiger partial charge in [0.2, 0.25) is 5.13 Å². The molecule has 0 unspecified atom stereocenters. The van der Waals surface area contributed by atoms with Crippen LogP contribution in [-0.4, -0.2) is 20.0 Å². The molecule has 0 aliphatic rings. The summed E-state index contributed by atoms with van der Waals surface area (Å²) < 4.78 is 1.42. The Morgan fingerprint density at radius 3 is 2.68 bits per heavy atom. The zero-order valence-corrected chi connectivity index (χ0v) is 14.1. The van der Waals surface area contributed by atoms with Crippen LogP contribution in [0.25, 0.3) is 10.8 Å². The van der Waals surface area contributed by atoms with E-state index in [1.807, 2.05) is 54.6 Å². The Kier molecular flexibility index (Phi) is 4.22. The molecule has 0 fully saturated rings. The second kappa shape index (κ2) is 6.82. The monoisotopic (exact) mass is 349 g/mol. The fourth-order valence-electron chi connectivity index (χ4n) is 2.53. The average molecular weight is 349 g/mol. The molecule has 0 saturated carbocycles. The number of hydrogen-bond acceptors (Lipinski definition) is 6. The van der Waals surface area contributed by atoms with Crippen LogP contribution in [0.3, 0.4) is 0 Å². The molecule has 25 heavy (non-hydrogen) atoms.